The Morgan fingerprint density at radius 1 is 0.700 bits per heavy atom. The minimum atomic E-state index is -1.74. The van der Waals surface area contributed by atoms with Gasteiger partial charge in [0, 0.05) is 21.0 Å². The van der Waals surface area contributed by atoms with Gasteiger partial charge in [0.2, 0.25) is 11.8 Å². The van der Waals surface area contributed by atoms with E-state index in [1.165, 1.54) is 14.0 Å². The molecule has 0 bridgehead atoms. The molecule has 3 rings (SSSR count). The van der Waals surface area contributed by atoms with Crippen LogP contribution in [0.25, 0.3) is 0 Å². The molecule has 40 heavy (non-hydrogen) atoms. The first-order valence-electron chi connectivity index (χ1n) is 12.8. The first-order chi connectivity index (χ1) is 18.8. The number of carbonyl (C=O) groups excluding carboxylic acids is 2. The largest absolute Gasteiger partial charge is 0.394 e. The van der Waals surface area contributed by atoms with Gasteiger partial charge in [0.25, 0.3) is 0 Å². The average Bonchev–Trinajstić information content (AvgIpc) is 2.89. The third-order valence-electron chi connectivity index (χ3n) is 7.11. The Hall–Kier alpha value is -1.58. The summed E-state index contributed by atoms with van der Waals surface area (Å²) in [4.78, 5) is 23.9. The van der Waals surface area contributed by atoms with E-state index in [1.54, 1.807) is 0 Å². The third-order valence-corrected chi connectivity index (χ3v) is 7.11. The Balaban J connectivity index is 2.00. The Morgan fingerprint density at radius 3 is 1.82 bits per heavy atom. The number of amides is 2. The maximum absolute atomic E-state index is 12.0. The fourth-order valence-corrected chi connectivity index (χ4v) is 5.04. The molecule has 2 amide bonds. The van der Waals surface area contributed by atoms with Crippen molar-refractivity contribution in [1.82, 2.24) is 10.6 Å². The van der Waals surface area contributed by atoms with E-state index in [-0.39, 0.29) is 0 Å². The molecule has 0 aromatic heterocycles. The third kappa shape index (κ3) is 7.06. The lowest BCUT2D eigenvalue weighted by Gasteiger charge is -2.50. The van der Waals surface area contributed by atoms with Gasteiger partial charge in [-0.2, -0.15) is 0 Å². The van der Waals surface area contributed by atoms with E-state index in [4.69, 9.17) is 28.4 Å². The van der Waals surface area contributed by atoms with Crippen LogP contribution in [0.5, 0.6) is 0 Å². The number of hydrogen-bond acceptors (Lipinski definition) is 15. The van der Waals surface area contributed by atoms with Crippen LogP contribution in [0.1, 0.15) is 20.8 Å². The molecule has 0 unspecified atom stereocenters. The second-order valence-corrected chi connectivity index (χ2v) is 10.00. The molecule has 3 saturated heterocycles. The van der Waals surface area contributed by atoms with Crippen molar-refractivity contribution in [1.29, 1.82) is 0 Å². The van der Waals surface area contributed by atoms with Gasteiger partial charge in [0.1, 0.15) is 67.0 Å². The Bertz CT molecular complexity index is 853. The number of nitrogens with one attached hydrogen (secondary N) is 2. The monoisotopic (exact) mass is 584 g/mol. The first-order valence-corrected chi connectivity index (χ1v) is 12.8. The zero-order valence-corrected chi connectivity index (χ0v) is 22.5. The number of aliphatic hydroxyl groups excluding tert-OH is 7. The Morgan fingerprint density at radius 2 is 1.27 bits per heavy atom. The Kier molecular flexibility index (Phi) is 11.6. The summed E-state index contributed by atoms with van der Waals surface area (Å²) >= 11 is 0. The molecule has 15 atom stereocenters. The van der Waals surface area contributed by atoms with Gasteiger partial charge in [0.15, 0.2) is 18.9 Å². The zero-order chi connectivity index (χ0) is 29.9. The van der Waals surface area contributed by atoms with Crippen LogP contribution < -0.4 is 10.6 Å². The van der Waals surface area contributed by atoms with Gasteiger partial charge in [0.05, 0.1) is 19.3 Å². The molecule has 0 spiro atoms. The summed E-state index contributed by atoms with van der Waals surface area (Å²) in [5, 5.41) is 77.1. The van der Waals surface area contributed by atoms with E-state index in [9.17, 15) is 45.3 Å². The molecule has 17 heteroatoms. The highest BCUT2D eigenvalue weighted by Gasteiger charge is 2.54. The molecule has 3 aliphatic rings. The fraction of sp³-hybridized carbons (Fsp3) is 0.913. The number of hydrogen-bond donors (Lipinski definition) is 9. The smallest absolute Gasteiger partial charge is 0.217 e. The number of methoxy groups -OCH3 is 1. The molecule has 0 radical (unpaired) electrons. The fourth-order valence-electron chi connectivity index (χ4n) is 5.04. The average molecular weight is 585 g/mol. The second kappa shape index (κ2) is 14.1. The summed E-state index contributed by atoms with van der Waals surface area (Å²) in [5.74, 6) is -1.23. The van der Waals surface area contributed by atoms with Crippen molar-refractivity contribution < 1.29 is 73.8 Å². The van der Waals surface area contributed by atoms with Crippen LogP contribution in [0.2, 0.25) is 0 Å². The lowest BCUT2D eigenvalue weighted by molar-refractivity contribution is -0.363. The summed E-state index contributed by atoms with van der Waals surface area (Å²) < 4.78 is 34.2. The van der Waals surface area contributed by atoms with E-state index in [1.807, 2.05) is 0 Å². The summed E-state index contributed by atoms with van der Waals surface area (Å²) in [7, 11) is 1.24. The van der Waals surface area contributed by atoms with Crippen LogP contribution in [0, 0.1) is 0 Å². The number of carbonyl (C=O) groups is 2. The van der Waals surface area contributed by atoms with Crippen molar-refractivity contribution in [3.63, 3.8) is 0 Å². The molecule has 3 aliphatic heterocycles. The lowest BCUT2D eigenvalue weighted by Crippen LogP contribution is -2.70. The van der Waals surface area contributed by atoms with Gasteiger partial charge < -0.3 is 74.8 Å². The first kappa shape index (κ1) is 32.9. The highest BCUT2D eigenvalue weighted by Crippen LogP contribution is 2.33. The van der Waals surface area contributed by atoms with Crippen LogP contribution in [-0.2, 0) is 38.0 Å². The standard InChI is InChI=1S/C23H40N2O15/c1-7-14(30)17(33)20(35-4)23(36-7)40-19-13(25-9(3)29)21(34)37-11(6-27)18(19)39-22-12(24-8(2)28)16(32)15(31)10(5-26)38-22/h7,10-23,26-27,30-34H,5-6H2,1-4H3,(H,24,28)(H,25,29)/t7-,10+,11+,12+,13-,14-,15+,16+,17+,18+,19+,20+,21-,22-,23-/m0/s1. The van der Waals surface area contributed by atoms with Gasteiger partial charge in [-0.1, -0.05) is 0 Å². The molecule has 0 aromatic rings. The number of ether oxygens (including phenoxy) is 6. The molecule has 0 aromatic carbocycles. The zero-order valence-electron chi connectivity index (χ0n) is 22.5. The molecular weight excluding hydrogens is 544 g/mol. The van der Waals surface area contributed by atoms with Crippen LogP contribution in [0.3, 0.4) is 0 Å². The van der Waals surface area contributed by atoms with Crippen LogP contribution in [0.15, 0.2) is 0 Å². The van der Waals surface area contributed by atoms with Gasteiger partial charge in [-0.3, -0.25) is 9.59 Å². The summed E-state index contributed by atoms with van der Waals surface area (Å²) in [6.45, 7) is 2.30. The van der Waals surface area contributed by atoms with Crippen molar-refractivity contribution in [2.75, 3.05) is 20.3 Å². The van der Waals surface area contributed by atoms with Crippen LogP contribution in [-0.4, -0.2) is 160 Å². The van der Waals surface area contributed by atoms with Crippen LogP contribution >= 0.6 is 0 Å². The Labute approximate surface area is 229 Å². The lowest BCUT2D eigenvalue weighted by atomic mass is 9.94. The van der Waals surface area contributed by atoms with Crippen molar-refractivity contribution in [2.24, 2.45) is 0 Å². The van der Waals surface area contributed by atoms with Gasteiger partial charge in [-0.05, 0) is 6.92 Å². The van der Waals surface area contributed by atoms with E-state index >= 15 is 0 Å². The minimum Gasteiger partial charge on any atom is -0.394 e. The normalized spacial score (nSPS) is 46.0. The number of rotatable bonds is 9. The van der Waals surface area contributed by atoms with Crippen molar-refractivity contribution in [2.45, 2.75) is 113 Å². The molecule has 0 saturated carbocycles. The maximum atomic E-state index is 12.0. The number of aliphatic hydroxyl groups is 7. The van der Waals surface area contributed by atoms with Crippen molar-refractivity contribution in [3.8, 4) is 0 Å². The second-order valence-electron chi connectivity index (χ2n) is 10.00. The quantitative estimate of drug-likeness (QED) is 0.122. The highest BCUT2D eigenvalue weighted by molar-refractivity contribution is 5.73. The van der Waals surface area contributed by atoms with Gasteiger partial charge >= 0.3 is 0 Å². The summed E-state index contributed by atoms with van der Waals surface area (Å²) in [5.41, 5.74) is 0. The highest BCUT2D eigenvalue weighted by atomic mass is 16.7. The van der Waals surface area contributed by atoms with E-state index < -0.39 is 117 Å². The molecule has 17 nitrogen and oxygen atoms in total. The molecule has 3 heterocycles. The predicted octanol–water partition coefficient (Wildman–Crippen LogP) is -5.60. The van der Waals surface area contributed by atoms with Gasteiger partial charge in [-0.15, -0.1) is 0 Å². The molecule has 9 N–H and O–H groups in total. The summed E-state index contributed by atoms with van der Waals surface area (Å²) in [6, 6.07) is -2.74. The SMILES string of the molecule is CO[C@H]1[C@H](O[C@@H]2[C@H](NC(C)=O)[C@@H](O)O[C@H](CO)[C@H]2O[C@@H]2O[C@H](CO)[C@@H](O)[C@H](O)[C@H]2NC(C)=O)O[C@@H](C)[C@H](O)[C@H]1O. The predicted molar refractivity (Wildman–Crippen MR) is 128 cm³/mol. The van der Waals surface area contributed by atoms with Gasteiger partial charge in [-0.25, -0.2) is 0 Å². The van der Waals surface area contributed by atoms with Crippen molar-refractivity contribution >= 4 is 11.8 Å². The van der Waals surface area contributed by atoms with E-state index in [2.05, 4.69) is 10.6 Å². The minimum absolute atomic E-state index is 0.608. The van der Waals surface area contributed by atoms with E-state index in [0.717, 1.165) is 13.8 Å². The molecule has 232 valence electrons. The molecular formula is C23H40N2O15. The van der Waals surface area contributed by atoms with Crippen molar-refractivity contribution in [3.05, 3.63) is 0 Å². The topological polar surface area (TPSA) is 255 Å². The van der Waals surface area contributed by atoms with E-state index in [0.29, 0.717) is 0 Å². The molecule has 3 fully saturated rings. The summed E-state index contributed by atoms with van der Waals surface area (Å²) in [6.07, 6.45) is -18.5. The van der Waals surface area contributed by atoms with Crippen LogP contribution in [0.4, 0.5) is 0 Å². The maximum Gasteiger partial charge on any atom is 0.217 e. The molecule has 0 aliphatic carbocycles.